The molecule has 1 aliphatic heterocycles. The lowest BCUT2D eigenvalue weighted by Gasteiger charge is -2.37. The molecular formula is C13H22N4O. The highest BCUT2D eigenvalue weighted by atomic mass is 16.3. The molecule has 0 aromatic carbocycles. The molecule has 0 spiro atoms. The lowest BCUT2D eigenvalue weighted by molar-refractivity contribution is 0.262. The van der Waals surface area contributed by atoms with Crippen LogP contribution in [0.15, 0.2) is 6.20 Å². The van der Waals surface area contributed by atoms with Gasteiger partial charge in [-0.05, 0) is 32.6 Å². The van der Waals surface area contributed by atoms with Crippen molar-refractivity contribution in [1.29, 1.82) is 0 Å². The fourth-order valence-electron chi connectivity index (χ4n) is 2.57. The van der Waals surface area contributed by atoms with E-state index < -0.39 is 0 Å². The van der Waals surface area contributed by atoms with Crippen molar-refractivity contribution in [2.45, 2.75) is 38.6 Å². The van der Waals surface area contributed by atoms with Gasteiger partial charge in [0.05, 0.1) is 0 Å². The zero-order valence-corrected chi connectivity index (χ0v) is 11.2. The number of aliphatic hydroxyl groups excluding tert-OH is 1. The summed E-state index contributed by atoms with van der Waals surface area (Å²) in [5, 5.41) is 12.2. The lowest BCUT2D eigenvalue weighted by Crippen LogP contribution is -2.41. The number of aliphatic hydroxyl groups is 1. The largest absolute Gasteiger partial charge is 0.396 e. The molecule has 1 atom stereocenters. The molecule has 1 aromatic rings. The molecule has 100 valence electrons. The highest BCUT2D eigenvalue weighted by molar-refractivity contribution is 5.50. The first-order chi connectivity index (χ1) is 8.76. The molecule has 0 bridgehead atoms. The van der Waals surface area contributed by atoms with Gasteiger partial charge in [-0.2, -0.15) is 4.98 Å². The molecule has 1 unspecified atom stereocenters. The number of aryl methyl sites for hydroxylation is 1. The van der Waals surface area contributed by atoms with E-state index in [2.05, 4.69) is 20.2 Å². The molecule has 1 aliphatic rings. The molecule has 1 aromatic heterocycles. The summed E-state index contributed by atoms with van der Waals surface area (Å²) in [5.74, 6) is 1.66. The second-order valence-corrected chi connectivity index (χ2v) is 4.81. The third-order valence-electron chi connectivity index (χ3n) is 3.53. The SMILES string of the molecule is CNc1ncc(C)c(N2CCCCC2CCO)n1. The summed E-state index contributed by atoms with van der Waals surface area (Å²) < 4.78 is 0. The van der Waals surface area contributed by atoms with E-state index in [4.69, 9.17) is 0 Å². The number of anilines is 2. The van der Waals surface area contributed by atoms with Crippen molar-refractivity contribution < 1.29 is 5.11 Å². The highest BCUT2D eigenvalue weighted by Crippen LogP contribution is 2.27. The maximum Gasteiger partial charge on any atom is 0.224 e. The second kappa shape index (κ2) is 6.00. The van der Waals surface area contributed by atoms with Gasteiger partial charge in [0.1, 0.15) is 5.82 Å². The molecule has 2 rings (SSSR count). The van der Waals surface area contributed by atoms with Crippen LogP contribution in [0.2, 0.25) is 0 Å². The first-order valence-electron chi connectivity index (χ1n) is 6.65. The fourth-order valence-corrected chi connectivity index (χ4v) is 2.57. The van der Waals surface area contributed by atoms with Crippen molar-refractivity contribution in [3.63, 3.8) is 0 Å². The highest BCUT2D eigenvalue weighted by Gasteiger charge is 2.24. The Balaban J connectivity index is 2.26. The summed E-state index contributed by atoms with van der Waals surface area (Å²) in [5.41, 5.74) is 1.10. The Bertz CT molecular complexity index is 395. The van der Waals surface area contributed by atoms with Gasteiger partial charge in [-0.3, -0.25) is 0 Å². The van der Waals surface area contributed by atoms with Crippen LogP contribution in [-0.4, -0.2) is 41.3 Å². The summed E-state index contributed by atoms with van der Waals surface area (Å²) in [6.07, 6.45) is 6.25. The topological polar surface area (TPSA) is 61.3 Å². The Kier molecular flexibility index (Phi) is 4.36. The minimum Gasteiger partial charge on any atom is -0.396 e. The summed E-state index contributed by atoms with van der Waals surface area (Å²) in [6.45, 7) is 3.30. The molecule has 5 nitrogen and oxygen atoms in total. The van der Waals surface area contributed by atoms with Crippen molar-refractivity contribution in [1.82, 2.24) is 9.97 Å². The van der Waals surface area contributed by atoms with Crippen molar-refractivity contribution >= 4 is 11.8 Å². The zero-order chi connectivity index (χ0) is 13.0. The van der Waals surface area contributed by atoms with Gasteiger partial charge in [-0.1, -0.05) is 0 Å². The van der Waals surface area contributed by atoms with E-state index >= 15 is 0 Å². The van der Waals surface area contributed by atoms with Crippen LogP contribution in [0.3, 0.4) is 0 Å². The molecule has 18 heavy (non-hydrogen) atoms. The molecule has 0 saturated carbocycles. The van der Waals surface area contributed by atoms with Gasteiger partial charge in [0.25, 0.3) is 0 Å². The molecule has 2 N–H and O–H groups in total. The standard InChI is InChI=1S/C13H22N4O/c1-10-9-15-13(14-2)16-12(10)17-7-4-3-5-11(17)6-8-18/h9,11,18H,3-8H2,1-2H3,(H,14,15,16). The molecule has 0 amide bonds. The monoisotopic (exact) mass is 250 g/mol. The first kappa shape index (κ1) is 13.1. The van der Waals surface area contributed by atoms with Crippen LogP contribution in [0.25, 0.3) is 0 Å². The van der Waals surface area contributed by atoms with E-state index in [1.54, 1.807) is 0 Å². The lowest BCUT2D eigenvalue weighted by atomic mass is 9.99. The third-order valence-corrected chi connectivity index (χ3v) is 3.53. The molecule has 0 radical (unpaired) electrons. The summed E-state index contributed by atoms with van der Waals surface area (Å²) >= 11 is 0. The number of piperidine rings is 1. The minimum atomic E-state index is 0.240. The minimum absolute atomic E-state index is 0.240. The van der Waals surface area contributed by atoms with E-state index in [9.17, 15) is 5.11 Å². The normalized spacial score (nSPS) is 19.9. The molecule has 1 saturated heterocycles. The Morgan fingerprint density at radius 3 is 3.06 bits per heavy atom. The quantitative estimate of drug-likeness (QED) is 0.849. The van der Waals surface area contributed by atoms with Crippen molar-refractivity contribution in [3.05, 3.63) is 11.8 Å². The number of aromatic nitrogens is 2. The number of hydrogen-bond acceptors (Lipinski definition) is 5. The van der Waals surface area contributed by atoms with Gasteiger partial charge in [0.15, 0.2) is 0 Å². The Morgan fingerprint density at radius 1 is 1.50 bits per heavy atom. The smallest absolute Gasteiger partial charge is 0.224 e. The number of nitrogens with zero attached hydrogens (tertiary/aromatic N) is 3. The Labute approximate surface area is 108 Å². The molecule has 1 fully saturated rings. The summed E-state index contributed by atoms with van der Waals surface area (Å²) in [4.78, 5) is 11.1. The summed E-state index contributed by atoms with van der Waals surface area (Å²) in [7, 11) is 1.83. The van der Waals surface area contributed by atoms with Gasteiger partial charge in [-0.25, -0.2) is 4.98 Å². The van der Waals surface area contributed by atoms with Crippen LogP contribution in [0.1, 0.15) is 31.2 Å². The fraction of sp³-hybridized carbons (Fsp3) is 0.692. The maximum absolute atomic E-state index is 9.18. The van der Waals surface area contributed by atoms with E-state index in [1.807, 2.05) is 20.2 Å². The molecule has 2 heterocycles. The van der Waals surface area contributed by atoms with Crippen LogP contribution < -0.4 is 10.2 Å². The van der Waals surface area contributed by atoms with Crippen LogP contribution in [0.4, 0.5) is 11.8 Å². The van der Waals surface area contributed by atoms with E-state index in [-0.39, 0.29) is 6.61 Å². The second-order valence-electron chi connectivity index (χ2n) is 4.81. The van der Waals surface area contributed by atoms with Gasteiger partial charge in [0, 0.05) is 38.0 Å². The third kappa shape index (κ3) is 2.72. The molecule has 5 heteroatoms. The van der Waals surface area contributed by atoms with Gasteiger partial charge < -0.3 is 15.3 Å². The Morgan fingerprint density at radius 2 is 2.33 bits per heavy atom. The number of rotatable bonds is 4. The van der Waals surface area contributed by atoms with Crippen molar-refractivity contribution in [3.8, 4) is 0 Å². The van der Waals surface area contributed by atoms with Crippen molar-refractivity contribution in [2.24, 2.45) is 0 Å². The average Bonchev–Trinajstić information content (AvgIpc) is 2.41. The van der Waals surface area contributed by atoms with Crippen LogP contribution in [0, 0.1) is 6.92 Å². The summed E-state index contributed by atoms with van der Waals surface area (Å²) in [6, 6.07) is 0.405. The first-order valence-corrected chi connectivity index (χ1v) is 6.65. The van der Waals surface area contributed by atoms with Crippen LogP contribution in [0.5, 0.6) is 0 Å². The van der Waals surface area contributed by atoms with Gasteiger partial charge in [-0.15, -0.1) is 0 Å². The van der Waals surface area contributed by atoms with E-state index in [1.165, 1.54) is 12.8 Å². The van der Waals surface area contributed by atoms with Crippen LogP contribution in [-0.2, 0) is 0 Å². The average molecular weight is 250 g/mol. The predicted molar refractivity (Wildman–Crippen MR) is 73.0 cm³/mol. The maximum atomic E-state index is 9.18. The molecule has 0 aliphatic carbocycles. The van der Waals surface area contributed by atoms with Crippen molar-refractivity contribution in [2.75, 3.05) is 30.4 Å². The predicted octanol–water partition coefficient (Wildman–Crippen LogP) is 1.57. The zero-order valence-electron chi connectivity index (χ0n) is 11.2. The van der Waals surface area contributed by atoms with E-state index in [0.29, 0.717) is 12.0 Å². The van der Waals surface area contributed by atoms with E-state index in [0.717, 1.165) is 30.8 Å². The van der Waals surface area contributed by atoms with Gasteiger partial charge >= 0.3 is 0 Å². The van der Waals surface area contributed by atoms with Gasteiger partial charge in [0.2, 0.25) is 5.95 Å². The molecular weight excluding hydrogens is 228 g/mol. The number of hydrogen-bond donors (Lipinski definition) is 2. The Hall–Kier alpha value is -1.36. The number of nitrogens with one attached hydrogen (secondary N) is 1. The van der Waals surface area contributed by atoms with Crippen LogP contribution >= 0.6 is 0 Å².